The summed E-state index contributed by atoms with van der Waals surface area (Å²) in [7, 11) is 0. The maximum atomic E-state index is 4.35. The Morgan fingerprint density at radius 3 is 2.85 bits per heavy atom. The van der Waals surface area contributed by atoms with Crippen molar-refractivity contribution in [2.45, 2.75) is 39.7 Å². The highest BCUT2D eigenvalue weighted by molar-refractivity contribution is 14.1. The molecule has 0 spiro atoms. The first-order chi connectivity index (χ1) is 9.58. The second-order valence-corrected chi connectivity index (χ2v) is 7.29. The molecule has 0 saturated heterocycles. The minimum absolute atomic E-state index is 0.550. The first-order valence-corrected chi connectivity index (χ1v) is 8.78. The summed E-state index contributed by atoms with van der Waals surface area (Å²) in [5.41, 5.74) is 2.50. The fourth-order valence-corrected chi connectivity index (χ4v) is 3.62. The topological polar surface area (TPSA) is 37.8 Å². The van der Waals surface area contributed by atoms with Crippen LogP contribution in [0.4, 0.5) is 0 Å². The Morgan fingerprint density at radius 1 is 1.30 bits per heavy atom. The van der Waals surface area contributed by atoms with Gasteiger partial charge in [-0.25, -0.2) is 0 Å². The van der Waals surface area contributed by atoms with Crippen molar-refractivity contribution in [3.63, 3.8) is 0 Å². The number of nitrogens with zero attached hydrogens (tertiary/aromatic N) is 2. The Hall–Kier alpha value is -0.530. The van der Waals surface area contributed by atoms with E-state index >= 15 is 0 Å². The lowest BCUT2D eigenvalue weighted by Crippen LogP contribution is -2.23. The second-order valence-electron chi connectivity index (χ2n) is 5.15. The van der Waals surface area contributed by atoms with Crippen LogP contribution in [0.1, 0.15) is 30.8 Å². The molecule has 1 aromatic carbocycles. The van der Waals surface area contributed by atoms with Gasteiger partial charge in [-0.15, -0.1) is 10.2 Å². The van der Waals surface area contributed by atoms with Crippen molar-refractivity contribution in [2.24, 2.45) is 0 Å². The maximum Gasteiger partial charge on any atom is 0.148 e. The predicted molar refractivity (Wildman–Crippen MR) is 94.3 cm³/mol. The molecule has 0 atom stereocenters. The van der Waals surface area contributed by atoms with Crippen LogP contribution in [0.2, 0.25) is 0 Å². The minimum Gasteiger partial charge on any atom is -0.315 e. The molecule has 1 heterocycles. The van der Waals surface area contributed by atoms with Crippen LogP contribution in [-0.4, -0.2) is 22.8 Å². The van der Waals surface area contributed by atoms with Gasteiger partial charge in [0.05, 0.1) is 0 Å². The zero-order valence-electron chi connectivity index (χ0n) is 12.1. The lowest BCUT2D eigenvalue weighted by molar-refractivity contribution is 0.569. The fourth-order valence-electron chi connectivity index (χ4n) is 1.91. The van der Waals surface area contributed by atoms with Gasteiger partial charge in [0.2, 0.25) is 0 Å². The highest BCUT2D eigenvalue weighted by atomic mass is 127. The van der Waals surface area contributed by atoms with Crippen molar-refractivity contribution in [2.75, 3.05) is 6.54 Å². The zero-order chi connectivity index (χ0) is 14.5. The van der Waals surface area contributed by atoms with E-state index in [1.165, 1.54) is 14.7 Å². The Balaban J connectivity index is 2.00. The Bertz CT molecular complexity index is 566. The van der Waals surface area contributed by atoms with E-state index in [0.29, 0.717) is 6.04 Å². The summed E-state index contributed by atoms with van der Waals surface area (Å²) in [6.45, 7) is 7.50. The number of benzene rings is 1. The number of aryl methyl sites for hydroxylation is 2. The predicted octanol–water partition coefficient (Wildman–Crippen LogP) is 4.05. The van der Waals surface area contributed by atoms with Crippen molar-refractivity contribution in [1.29, 1.82) is 0 Å². The molecular formula is C15H20IN3S. The van der Waals surface area contributed by atoms with Crippen LogP contribution in [0, 0.1) is 10.5 Å². The van der Waals surface area contributed by atoms with E-state index < -0.39 is 0 Å². The number of hydrogen-bond donors (Lipinski definition) is 1. The number of halogens is 1. The SMILES string of the molecule is Cc1cccc(-c2nnc(CCCNC(C)C)s2)c1I. The largest absolute Gasteiger partial charge is 0.315 e. The van der Waals surface area contributed by atoms with Gasteiger partial charge in [0.25, 0.3) is 0 Å². The molecule has 0 bridgehead atoms. The maximum absolute atomic E-state index is 4.35. The highest BCUT2D eigenvalue weighted by Crippen LogP contribution is 2.30. The van der Waals surface area contributed by atoms with Crippen molar-refractivity contribution in [3.8, 4) is 10.6 Å². The van der Waals surface area contributed by atoms with Crippen LogP contribution in [0.25, 0.3) is 10.6 Å². The van der Waals surface area contributed by atoms with E-state index in [0.717, 1.165) is 29.4 Å². The van der Waals surface area contributed by atoms with Crippen LogP contribution in [0.5, 0.6) is 0 Å². The molecular weight excluding hydrogens is 381 g/mol. The smallest absolute Gasteiger partial charge is 0.148 e. The fraction of sp³-hybridized carbons (Fsp3) is 0.467. The van der Waals surface area contributed by atoms with Gasteiger partial charge >= 0.3 is 0 Å². The lowest BCUT2D eigenvalue weighted by Gasteiger charge is -2.05. The standard InChI is InChI=1S/C15H20IN3S/c1-10(2)17-9-5-8-13-18-19-15(20-13)12-7-4-6-11(3)14(12)16/h4,6-7,10,17H,5,8-9H2,1-3H3. The average Bonchev–Trinajstić information content (AvgIpc) is 2.86. The molecule has 3 nitrogen and oxygen atoms in total. The van der Waals surface area contributed by atoms with Crippen LogP contribution in [0.3, 0.4) is 0 Å². The summed E-state index contributed by atoms with van der Waals surface area (Å²) >= 11 is 4.10. The zero-order valence-corrected chi connectivity index (χ0v) is 15.1. The Morgan fingerprint density at radius 2 is 2.10 bits per heavy atom. The van der Waals surface area contributed by atoms with E-state index in [4.69, 9.17) is 0 Å². The van der Waals surface area contributed by atoms with E-state index in [2.05, 4.69) is 77.1 Å². The third kappa shape index (κ3) is 4.23. The molecule has 1 N–H and O–H groups in total. The molecule has 0 aliphatic carbocycles. The van der Waals surface area contributed by atoms with Gasteiger partial charge in [0, 0.05) is 21.6 Å². The van der Waals surface area contributed by atoms with Gasteiger partial charge in [-0.2, -0.15) is 0 Å². The molecule has 0 radical (unpaired) electrons. The highest BCUT2D eigenvalue weighted by Gasteiger charge is 2.10. The first kappa shape index (κ1) is 15.9. The Labute approximate surface area is 138 Å². The molecule has 0 saturated carbocycles. The number of rotatable bonds is 6. The summed E-state index contributed by atoms with van der Waals surface area (Å²) in [4.78, 5) is 0. The summed E-state index contributed by atoms with van der Waals surface area (Å²) < 4.78 is 1.27. The quantitative estimate of drug-likeness (QED) is 0.586. The number of nitrogens with one attached hydrogen (secondary N) is 1. The van der Waals surface area contributed by atoms with Gasteiger partial charge in [-0.3, -0.25) is 0 Å². The molecule has 0 aliphatic rings. The second kappa shape index (κ2) is 7.47. The van der Waals surface area contributed by atoms with Crippen LogP contribution in [0.15, 0.2) is 18.2 Å². The summed E-state index contributed by atoms with van der Waals surface area (Å²) in [6, 6.07) is 6.89. The molecule has 2 aromatic rings. The molecule has 5 heteroatoms. The third-order valence-electron chi connectivity index (χ3n) is 3.01. The van der Waals surface area contributed by atoms with Gasteiger partial charge in [0.1, 0.15) is 10.0 Å². The number of hydrogen-bond acceptors (Lipinski definition) is 4. The molecule has 0 fully saturated rings. The molecule has 0 amide bonds. The third-order valence-corrected chi connectivity index (χ3v) is 5.46. The van der Waals surface area contributed by atoms with Crippen LogP contribution >= 0.6 is 33.9 Å². The van der Waals surface area contributed by atoms with Crippen molar-refractivity contribution in [3.05, 3.63) is 32.3 Å². The molecule has 0 unspecified atom stereocenters. The van der Waals surface area contributed by atoms with Crippen molar-refractivity contribution < 1.29 is 0 Å². The van der Waals surface area contributed by atoms with E-state index in [9.17, 15) is 0 Å². The van der Waals surface area contributed by atoms with Crippen LogP contribution in [-0.2, 0) is 6.42 Å². The van der Waals surface area contributed by atoms with Crippen molar-refractivity contribution >= 4 is 33.9 Å². The molecule has 20 heavy (non-hydrogen) atoms. The lowest BCUT2D eigenvalue weighted by atomic mass is 10.1. The molecule has 0 aliphatic heterocycles. The van der Waals surface area contributed by atoms with Gasteiger partial charge in [-0.1, -0.05) is 43.4 Å². The van der Waals surface area contributed by atoms with Gasteiger partial charge in [-0.05, 0) is 48.0 Å². The van der Waals surface area contributed by atoms with Gasteiger partial charge in [0.15, 0.2) is 0 Å². The minimum atomic E-state index is 0.550. The summed E-state index contributed by atoms with van der Waals surface area (Å²) in [5, 5.41) is 14.2. The van der Waals surface area contributed by atoms with E-state index in [-0.39, 0.29) is 0 Å². The van der Waals surface area contributed by atoms with E-state index in [1.807, 2.05) is 0 Å². The van der Waals surface area contributed by atoms with Crippen LogP contribution < -0.4 is 5.32 Å². The summed E-state index contributed by atoms with van der Waals surface area (Å²) in [5.74, 6) is 0. The monoisotopic (exact) mass is 401 g/mol. The molecule has 1 aromatic heterocycles. The molecule has 108 valence electrons. The van der Waals surface area contributed by atoms with E-state index in [1.54, 1.807) is 11.3 Å². The average molecular weight is 401 g/mol. The first-order valence-electron chi connectivity index (χ1n) is 6.89. The van der Waals surface area contributed by atoms with Gasteiger partial charge < -0.3 is 5.32 Å². The molecule has 2 rings (SSSR count). The Kier molecular flexibility index (Phi) is 5.92. The van der Waals surface area contributed by atoms with Crippen molar-refractivity contribution in [1.82, 2.24) is 15.5 Å². The number of aromatic nitrogens is 2. The normalized spacial score (nSPS) is 11.2. The summed E-state index contributed by atoms with van der Waals surface area (Å²) in [6.07, 6.45) is 2.11.